The molecule has 2 aromatic rings. The highest BCUT2D eigenvalue weighted by Gasteiger charge is 2.20. The molecule has 3 amide bonds. The molecule has 0 radical (unpaired) electrons. The molecule has 5 heteroatoms. The Kier molecular flexibility index (Phi) is 6.17. The van der Waals surface area contributed by atoms with Gasteiger partial charge in [-0.2, -0.15) is 0 Å². The van der Waals surface area contributed by atoms with E-state index in [1.807, 2.05) is 56.3 Å². The summed E-state index contributed by atoms with van der Waals surface area (Å²) in [6, 6.07) is 14.5. The lowest BCUT2D eigenvalue weighted by molar-refractivity contribution is -0.130. The highest BCUT2D eigenvalue weighted by molar-refractivity contribution is 5.78. The summed E-state index contributed by atoms with van der Waals surface area (Å²) in [4.78, 5) is 25.6. The highest BCUT2D eigenvalue weighted by Crippen LogP contribution is 2.19. The second-order valence-corrected chi connectivity index (χ2v) is 6.36. The molecule has 2 rings (SSSR count). The number of primary amides is 1. The number of hydrogen-bond donors (Lipinski definition) is 2. The predicted molar refractivity (Wildman–Crippen MR) is 98.9 cm³/mol. The van der Waals surface area contributed by atoms with Crippen LogP contribution in [-0.4, -0.2) is 23.9 Å². The van der Waals surface area contributed by atoms with Gasteiger partial charge in [-0.15, -0.1) is 0 Å². The minimum atomic E-state index is -0.640. The van der Waals surface area contributed by atoms with Gasteiger partial charge in [-0.1, -0.05) is 54.1 Å². The van der Waals surface area contributed by atoms with Gasteiger partial charge in [0.2, 0.25) is 5.91 Å². The number of nitrogens with zero attached hydrogens (tertiary/aromatic N) is 1. The molecule has 3 N–H and O–H groups in total. The van der Waals surface area contributed by atoms with Crippen LogP contribution in [0.3, 0.4) is 0 Å². The first-order valence-corrected chi connectivity index (χ1v) is 8.28. The molecular formula is C20H25N3O2. The zero-order valence-electron chi connectivity index (χ0n) is 15.0. The maximum atomic E-state index is 12.6. The third-order valence-corrected chi connectivity index (χ3v) is 4.23. The van der Waals surface area contributed by atoms with Crippen LogP contribution in [-0.2, 0) is 11.3 Å². The van der Waals surface area contributed by atoms with Gasteiger partial charge in [-0.3, -0.25) is 4.79 Å². The summed E-state index contributed by atoms with van der Waals surface area (Å²) in [5, 5.41) is 2.66. The molecule has 2 aromatic carbocycles. The van der Waals surface area contributed by atoms with E-state index >= 15 is 0 Å². The molecule has 0 spiro atoms. The van der Waals surface area contributed by atoms with E-state index in [2.05, 4.69) is 11.4 Å². The number of carbonyl (C=O) groups excluding carboxylic acids is 2. The quantitative estimate of drug-likeness (QED) is 0.849. The number of carbonyl (C=O) groups is 2. The summed E-state index contributed by atoms with van der Waals surface area (Å²) in [5.74, 6) is -0.0532. The Balaban J connectivity index is 2.07. The number of nitrogens with one attached hydrogen (secondary N) is 1. The van der Waals surface area contributed by atoms with Gasteiger partial charge in [0, 0.05) is 13.6 Å². The number of amides is 3. The molecular weight excluding hydrogens is 314 g/mol. The van der Waals surface area contributed by atoms with Crippen LogP contribution < -0.4 is 11.1 Å². The van der Waals surface area contributed by atoms with E-state index in [0.717, 1.165) is 16.7 Å². The fraction of sp³-hybridized carbons (Fsp3) is 0.300. The van der Waals surface area contributed by atoms with Crippen LogP contribution >= 0.6 is 0 Å². The Hall–Kier alpha value is -2.82. The lowest BCUT2D eigenvalue weighted by Crippen LogP contribution is -2.37. The van der Waals surface area contributed by atoms with Gasteiger partial charge in [0.25, 0.3) is 0 Å². The van der Waals surface area contributed by atoms with Crippen molar-refractivity contribution in [3.8, 4) is 0 Å². The van der Waals surface area contributed by atoms with Gasteiger partial charge >= 0.3 is 6.03 Å². The second-order valence-electron chi connectivity index (χ2n) is 6.36. The average Bonchev–Trinajstić information content (AvgIpc) is 2.57. The molecule has 0 saturated heterocycles. The molecule has 0 heterocycles. The van der Waals surface area contributed by atoms with Crippen molar-refractivity contribution in [1.82, 2.24) is 10.2 Å². The van der Waals surface area contributed by atoms with Crippen LogP contribution in [0.5, 0.6) is 0 Å². The van der Waals surface area contributed by atoms with Crippen molar-refractivity contribution in [2.45, 2.75) is 32.9 Å². The van der Waals surface area contributed by atoms with Crippen LogP contribution in [0.25, 0.3) is 0 Å². The number of nitrogens with two attached hydrogens (primary N) is 1. The number of hydrogen-bond acceptors (Lipinski definition) is 2. The van der Waals surface area contributed by atoms with Gasteiger partial charge in [-0.25, -0.2) is 4.79 Å². The molecule has 5 nitrogen and oxygen atoms in total. The number of urea groups is 1. The summed E-state index contributed by atoms with van der Waals surface area (Å²) in [6.45, 7) is 4.62. The molecule has 0 fully saturated rings. The summed E-state index contributed by atoms with van der Waals surface area (Å²) in [6.07, 6.45) is 0.161. The normalized spacial score (nSPS) is 11.6. The average molecular weight is 339 g/mol. The van der Waals surface area contributed by atoms with Crippen molar-refractivity contribution in [3.05, 3.63) is 70.8 Å². The Morgan fingerprint density at radius 1 is 1.12 bits per heavy atom. The van der Waals surface area contributed by atoms with Crippen LogP contribution in [0.2, 0.25) is 0 Å². The fourth-order valence-corrected chi connectivity index (χ4v) is 2.81. The third kappa shape index (κ3) is 5.35. The van der Waals surface area contributed by atoms with Gasteiger partial charge in [0.1, 0.15) is 0 Å². The zero-order valence-corrected chi connectivity index (χ0v) is 15.0. The number of aryl methyl sites for hydroxylation is 2. The molecule has 0 aromatic heterocycles. The van der Waals surface area contributed by atoms with Gasteiger partial charge in [-0.05, 0) is 30.5 Å². The van der Waals surface area contributed by atoms with Crippen molar-refractivity contribution in [2.75, 3.05) is 7.05 Å². The van der Waals surface area contributed by atoms with Crippen molar-refractivity contribution in [2.24, 2.45) is 5.73 Å². The molecule has 0 aliphatic rings. The Labute approximate surface area is 148 Å². The zero-order chi connectivity index (χ0) is 18.4. The van der Waals surface area contributed by atoms with Gasteiger partial charge in [0.15, 0.2) is 0 Å². The molecule has 0 aliphatic carbocycles. The summed E-state index contributed by atoms with van der Waals surface area (Å²) in [7, 11) is 1.77. The maximum absolute atomic E-state index is 12.6. The van der Waals surface area contributed by atoms with Gasteiger partial charge < -0.3 is 16.0 Å². The lowest BCUT2D eigenvalue weighted by atomic mass is 10.0. The van der Waals surface area contributed by atoms with E-state index < -0.39 is 12.1 Å². The van der Waals surface area contributed by atoms with Crippen molar-refractivity contribution in [1.29, 1.82) is 0 Å². The first kappa shape index (κ1) is 18.5. The van der Waals surface area contributed by atoms with Crippen molar-refractivity contribution < 1.29 is 9.59 Å². The van der Waals surface area contributed by atoms with E-state index in [1.165, 1.54) is 5.56 Å². The predicted octanol–water partition coefficient (Wildman–Crippen LogP) is 3.06. The van der Waals surface area contributed by atoms with Crippen LogP contribution in [0.1, 0.15) is 34.7 Å². The number of rotatable bonds is 6. The third-order valence-electron chi connectivity index (χ3n) is 4.23. The molecule has 0 saturated carbocycles. The lowest BCUT2D eigenvalue weighted by Gasteiger charge is -2.23. The van der Waals surface area contributed by atoms with Crippen molar-refractivity contribution >= 4 is 11.9 Å². The van der Waals surface area contributed by atoms with E-state index in [0.29, 0.717) is 6.54 Å². The standard InChI is InChI=1S/C20H25N3O2/c1-14-9-10-17(15(2)11-14)13-23(3)19(24)12-18(22-20(21)25)16-7-5-4-6-8-16/h4-11,18H,12-13H2,1-3H3,(H3,21,22,25). The largest absolute Gasteiger partial charge is 0.352 e. The minimum absolute atomic E-state index is 0.0532. The van der Waals surface area contributed by atoms with Crippen LogP contribution in [0.15, 0.2) is 48.5 Å². The maximum Gasteiger partial charge on any atom is 0.312 e. The molecule has 0 bridgehead atoms. The van der Waals surface area contributed by atoms with E-state index in [-0.39, 0.29) is 12.3 Å². The van der Waals surface area contributed by atoms with Crippen LogP contribution in [0.4, 0.5) is 4.79 Å². The number of benzene rings is 2. The van der Waals surface area contributed by atoms with Crippen LogP contribution in [0, 0.1) is 13.8 Å². The second kappa shape index (κ2) is 8.33. The first-order chi connectivity index (χ1) is 11.9. The van der Waals surface area contributed by atoms with Crippen molar-refractivity contribution in [3.63, 3.8) is 0 Å². The molecule has 1 atom stereocenters. The molecule has 132 valence electrons. The Morgan fingerprint density at radius 3 is 2.40 bits per heavy atom. The molecule has 1 unspecified atom stereocenters. The summed E-state index contributed by atoms with van der Waals surface area (Å²) >= 11 is 0. The molecule has 0 aliphatic heterocycles. The fourth-order valence-electron chi connectivity index (χ4n) is 2.81. The topological polar surface area (TPSA) is 75.4 Å². The first-order valence-electron chi connectivity index (χ1n) is 8.28. The van der Waals surface area contributed by atoms with E-state index in [9.17, 15) is 9.59 Å². The highest BCUT2D eigenvalue weighted by atomic mass is 16.2. The van der Waals surface area contributed by atoms with E-state index in [1.54, 1.807) is 11.9 Å². The summed E-state index contributed by atoms with van der Waals surface area (Å²) in [5.41, 5.74) is 9.59. The molecule has 25 heavy (non-hydrogen) atoms. The van der Waals surface area contributed by atoms with E-state index in [4.69, 9.17) is 5.73 Å². The van der Waals surface area contributed by atoms with Gasteiger partial charge in [0.05, 0.1) is 12.5 Å². The Bertz CT molecular complexity index is 744. The minimum Gasteiger partial charge on any atom is -0.352 e. The smallest absolute Gasteiger partial charge is 0.312 e. The summed E-state index contributed by atoms with van der Waals surface area (Å²) < 4.78 is 0. The Morgan fingerprint density at radius 2 is 1.80 bits per heavy atom. The monoisotopic (exact) mass is 339 g/mol. The SMILES string of the molecule is Cc1ccc(CN(C)C(=O)CC(NC(N)=O)c2ccccc2)c(C)c1.